The van der Waals surface area contributed by atoms with Crippen molar-refractivity contribution in [3.05, 3.63) is 11.7 Å². The van der Waals surface area contributed by atoms with Crippen molar-refractivity contribution >= 4 is 5.91 Å². The summed E-state index contributed by atoms with van der Waals surface area (Å²) in [7, 11) is 0. The molecule has 0 radical (unpaired) electrons. The zero-order chi connectivity index (χ0) is 15.4. The number of piperazine rings is 1. The molecular weight excluding hydrogens is 282 g/mol. The Labute approximate surface area is 131 Å². The van der Waals surface area contributed by atoms with Crippen LogP contribution in [0.15, 0.2) is 4.52 Å². The summed E-state index contributed by atoms with van der Waals surface area (Å²) in [5, 5.41) is 3.81. The van der Waals surface area contributed by atoms with E-state index in [1.165, 1.54) is 6.42 Å². The molecule has 0 saturated carbocycles. The minimum Gasteiger partial charge on any atom is -0.342 e. The van der Waals surface area contributed by atoms with Gasteiger partial charge in [-0.05, 0) is 26.2 Å². The summed E-state index contributed by atoms with van der Waals surface area (Å²) in [6.07, 6.45) is 3.57. The third-order valence-electron chi connectivity index (χ3n) is 4.46. The fraction of sp³-hybridized carbons (Fsp3) is 0.800. The molecule has 3 rings (SSSR count). The first-order valence-electron chi connectivity index (χ1n) is 8.22. The van der Waals surface area contributed by atoms with E-state index in [2.05, 4.69) is 19.9 Å². The van der Waals surface area contributed by atoms with Crippen molar-refractivity contribution in [2.75, 3.05) is 45.8 Å². The van der Waals surface area contributed by atoms with E-state index < -0.39 is 0 Å². The number of hydrogen-bond acceptors (Lipinski definition) is 6. The van der Waals surface area contributed by atoms with Gasteiger partial charge in [0, 0.05) is 39.3 Å². The first kappa shape index (κ1) is 15.4. The molecule has 1 aromatic heterocycles. The maximum atomic E-state index is 12.3. The second kappa shape index (κ2) is 7.19. The van der Waals surface area contributed by atoms with E-state index in [0.717, 1.165) is 52.1 Å². The van der Waals surface area contributed by atoms with Gasteiger partial charge in [-0.3, -0.25) is 14.6 Å². The maximum Gasteiger partial charge on any atom is 0.240 e. The highest BCUT2D eigenvalue weighted by molar-refractivity contribution is 5.78. The lowest BCUT2D eigenvalue weighted by Gasteiger charge is -2.35. The molecule has 7 nitrogen and oxygen atoms in total. The van der Waals surface area contributed by atoms with Gasteiger partial charge < -0.3 is 9.42 Å². The van der Waals surface area contributed by atoms with Crippen LogP contribution in [-0.2, 0) is 11.3 Å². The molecule has 0 atom stereocenters. The average Bonchev–Trinajstić information content (AvgIpc) is 2.95. The van der Waals surface area contributed by atoms with Crippen LogP contribution < -0.4 is 0 Å². The van der Waals surface area contributed by atoms with Crippen molar-refractivity contribution in [3.8, 4) is 0 Å². The summed E-state index contributed by atoms with van der Waals surface area (Å²) in [4.78, 5) is 23.1. The van der Waals surface area contributed by atoms with Gasteiger partial charge in [-0.15, -0.1) is 0 Å². The van der Waals surface area contributed by atoms with Crippen molar-refractivity contribution in [2.45, 2.75) is 32.7 Å². The number of piperidine rings is 1. The smallest absolute Gasteiger partial charge is 0.240 e. The lowest BCUT2D eigenvalue weighted by atomic mass is 10.1. The normalized spacial score (nSPS) is 21.2. The van der Waals surface area contributed by atoms with Gasteiger partial charge in [0.2, 0.25) is 11.8 Å². The SMILES string of the molecule is Cc1noc(CN2CCN(CC(=O)N3CCCCC3)CC2)n1. The van der Waals surface area contributed by atoms with Crippen LogP contribution in [0.1, 0.15) is 31.0 Å². The topological polar surface area (TPSA) is 65.7 Å². The van der Waals surface area contributed by atoms with Crippen molar-refractivity contribution < 1.29 is 9.32 Å². The van der Waals surface area contributed by atoms with Crippen molar-refractivity contribution in [1.82, 2.24) is 24.8 Å². The average molecular weight is 307 g/mol. The number of carbonyl (C=O) groups excluding carboxylic acids is 1. The molecule has 0 spiro atoms. The van der Waals surface area contributed by atoms with Gasteiger partial charge >= 0.3 is 0 Å². The predicted octanol–water partition coefficient (Wildman–Crippen LogP) is 0.508. The quantitative estimate of drug-likeness (QED) is 0.807. The van der Waals surface area contributed by atoms with E-state index in [1.807, 2.05) is 11.8 Å². The summed E-state index contributed by atoms with van der Waals surface area (Å²) in [5.41, 5.74) is 0. The number of hydrogen-bond donors (Lipinski definition) is 0. The Balaban J connectivity index is 1.40. The summed E-state index contributed by atoms with van der Waals surface area (Å²) in [5.74, 6) is 1.65. The second-order valence-corrected chi connectivity index (χ2v) is 6.23. The van der Waals surface area contributed by atoms with Crippen molar-refractivity contribution in [1.29, 1.82) is 0 Å². The first-order valence-corrected chi connectivity index (χ1v) is 8.22. The molecule has 0 unspecified atom stereocenters. The zero-order valence-corrected chi connectivity index (χ0v) is 13.3. The molecule has 1 aromatic rings. The molecule has 2 aliphatic rings. The van der Waals surface area contributed by atoms with Gasteiger partial charge in [0.15, 0.2) is 5.82 Å². The number of aryl methyl sites for hydroxylation is 1. The van der Waals surface area contributed by atoms with Gasteiger partial charge in [-0.2, -0.15) is 4.98 Å². The lowest BCUT2D eigenvalue weighted by molar-refractivity contribution is -0.133. The molecule has 2 fully saturated rings. The third-order valence-corrected chi connectivity index (χ3v) is 4.46. The minimum atomic E-state index is 0.292. The Kier molecular flexibility index (Phi) is 5.04. The molecule has 7 heteroatoms. The number of aromatic nitrogens is 2. The minimum absolute atomic E-state index is 0.292. The maximum absolute atomic E-state index is 12.3. The molecule has 122 valence electrons. The highest BCUT2D eigenvalue weighted by Crippen LogP contribution is 2.11. The lowest BCUT2D eigenvalue weighted by Crippen LogP contribution is -2.50. The first-order chi connectivity index (χ1) is 10.7. The Morgan fingerprint density at radius 2 is 1.73 bits per heavy atom. The van der Waals surface area contributed by atoms with E-state index in [9.17, 15) is 4.79 Å². The van der Waals surface area contributed by atoms with E-state index in [-0.39, 0.29) is 0 Å². The molecule has 2 aliphatic heterocycles. The number of amides is 1. The third kappa shape index (κ3) is 4.04. The fourth-order valence-corrected chi connectivity index (χ4v) is 3.14. The molecule has 0 aliphatic carbocycles. The summed E-state index contributed by atoms with van der Waals surface area (Å²) in [6, 6.07) is 0. The van der Waals surface area contributed by atoms with Crippen LogP contribution in [0.4, 0.5) is 0 Å². The highest BCUT2D eigenvalue weighted by atomic mass is 16.5. The molecule has 2 saturated heterocycles. The molecular formula is C15H25N5O2. The summed E-state index contributed by atoms with van der Waals surface area (Å²) >= 11 is 0. The molecule has 0 bridgehead atoms. The fourth-order valence-electron chi connectivity index (χ4n) is 3.14. The monoisotopic (exact) mass is 307 g/mol. The van der Waals surface area contributed by atoms with Crippen LogP contribution in [0.2, 0.25) is 0 Å². The Bertz CT molecular complexity index is 490. The van der Waals surface area contributed by atoms with E-state index in [4.69, 9.17) is 4.52 Å². The van der Waals surface area contributed by atoms with Crippen molar-refractivity contribution in [3.63, 3.8) is 0 Å². The van der Waals surface area contributed by atoms with Gasteiger partial charge in [-0.1, -0.05) is 5.16 Å². The van der Waals surface area contributed by atoms with Crippen LogP contribution in [0.5, 0.6) is 0 Å². The Morgan fingerprint density at radius 3 is 2.36 bits per heavy atom. The highest BCUT2D eigenvalue weighted by Gasteiger charge is 2.23. The van der Waals surface area contributed by atoms with E-state index >= 15 is 0 Å². The van der Waals surface area contributed by atoms with Crippen LogP contribution in [0.3, 0.4) is 0 Å². The van der Waals surface area contributed by atoms with Crippen LogP contribution >= 0.6 is 0 Å². The Morgan fingerprint density at radius 1 is 1.05 bits per heavy atom. The standard InChI is InChI=1S/C15H25N5O2/c1-13-16-14(22-17-13)11-18-7-9-19(10-8-18)12-15(21)20-5-3-2-4-6-20/h2-12H2,1H3. The number of carbonyl (C=O) groups is 1. The number of rotatable bonds is 4. The van der Waals surface area contributed by atoms with Crippen LogP contribution in [0, 0.1) is 6.92 Å². The molecule has 3 heterocycles. The van der Waals surface area contributed by atoms with Gasteiger partial charge in [0.05, 0.1) is 13.1 Å². The van der Waals surface area contributed by atoms with Crippen molar-refractivity contribution in [2.24, 2.45) is 0 Å². The predicted molar refractivity (Wildman–Crippen MR) is 81.2 cm³/mol. The summed E-state index contributed by atoms with van der Waals surface area (Å²) in [6.45, 7) is 8.70. The number of nitrogens with zero attached hydrogens (tertiary/aromatic N) is 5. The summed E-state index contributed by atoms with van der Waals surface area (Å²) < 4.78 is 5.16. The van der Waals surface area contributed by atoms with Gasteiger partial charge in [0.25, 0.3) is 0 Å². The van der Waals surface area contributed by atoms with Gasteiger partial charge in [-0.25, -0.2) is 0 Å². The van der Waals surface area contributed by atoms with Gasteiger partial charge in [0.1, 0.15) is 0 Å². The molecule has 0 aromatic carbocycles. The molecule has 1 amide bonds. The Hall–Kier alpha value is -1.47. The number of likely N-dealkylation sites (tertiary alicyclic amines) is 1. The zero-order valence-electron chi connectivity index (χ0n) is 13.3. The molecule has 22 heavy (non-hydrogen) atoms. The molecule has 0 N–H and O–H groups in total. The largest absolute Gasteiger partial charge is 0.342 e. The van der Waals surface area contributed by atoms with E-state index in [0.29, 0.717) is 30.7 Å². The van der Waals surface area contributed by atoms with Crippen LogP contribution in [0.25, 0.3) is 0 Å². The van der Waals surface area contributed by atoms with Crippen LogP contribution in [-0.4, -0.2) is 76.6 Å². The second-order valence-electron chi connectivity index (χ2n) is 6.23. The van der Waals surface area contributed by atoms with E-state index in [1.54, 1.807) is 0 Å².